The van der Waals surface area contributed by atoms with E-state index in [-0.39, 0.29) is 34.9 Å². The number of anilines is 1. The number of alkyl halides is 3. The quantitative estimate of drug-likeness (QED) is 0.213. The molecule has 4 aromatic rings. The van der Waals surface area contributed by atoms with Crippen molar-refractivity contribution < 1.29 is 27.9 Å². The first-order valence-electron chi connectivity index (χ1n) is 12.7. The summed E-state index contributed by atoms with van der Waals surface area (Å²) in [6.45, 7) is 4.47. The predicted molar refractivity (Wildman–Crippen MR) is 150 cm³/mol. The summed E-state index contributed by atoms with van der Waals surface area (Å²) in [6.07, 6.45) is -1.41. The summed E-state index contributed by atoms with van der Waals surface area (Å²) in [6, 6.07) is 5.79. The van der Waals surface area contributed by atoms with Gasteiger partial charge in [0, 0.05) is 60.5 Å². The zero-order valence-electron chi connectivity index (χ0n) is 22.1. The normalized spacial score (nSPS) is 11.5. The number of carbonyl (C=O) groups excluding carboxylic acids is 2. The Morgan fingerprint density at radius 1 is 1.12 bits per heavy atom. The van der Waals surface area contributed by atoms with Gasteiger partial charge in [-0.15, -0.1) is 11.3 Å². The van der Waals surface area contributed by atoms with Crippen LogP contribution in [0.5, 0.6) is 0 Å². The number of nitrogens with one attached hydrogen (secondary N) is 3. The first kappa shape index (κ1) is 29.7. The van der Waals surface area contributed by atoms with Crippen molar-refractivity contribution in [3.05, 3.63) is 63.5 Å². The van der Waals surface area contributed by atoms with Gasteiger partial charge in [0.1, 0.15) is 16.4 Å². The summed E-state index contributed by atoms with van der Waals surface area (Å²) >= 11 is 0.801. The van der Waals surface area contributed by atoms with E-state index in [1.165, 1.54) is 18.5 Å². The Morgan fingerprint density at radius 2 is 1.90 bits per heavy atom. The van der Waals surface area contributed by atoms with Crippen LogP contribution >= 0.6 is 11.3 Å². The molecule has 0 aliphatic rings. The van der Waals surface area contributed by atoms with Gasteiger partial charge < -0.3 is 20.3 Å². The number of aliphatic hydroxyl groups is 1. The smallest absolute Gasteiger partial charge is 0.396 e. The molecule has 14 heteroatoms. The summed E-state index contributed by atoms with van der Waals surface area (Å²) in [5.74, 6) is -0.441. The van der Waals surface area contributed by atoms with Gasteiger partial charge in [0.2, 0.25) is 5.43 Å². The van der Waals surface area contributed by atoms with Gasteiger partial charge in [-0.05, 0) is 44.0 Å². The van der Waals surface area contributed by atoms with E-state index in [2.05, 4.69) is 25.9 Å². The van der Waals surface area contributed by atoms with E-state index in [4.69, 9.17) is 5.11 Å². The number of halogens is 3. The third kappa shape index (κ3) is 6.55. The Labute approximate surface area is 236 Å². The number of hydrogen-bond acceptors (Lipinski definition) is 7. The maximum absolute atomic E-state index is 13.3. The molecule has 0 unspecified atom stereocenters. The molecule has 1 aromatic carbocycles. The van der Waals surface area contributed by atoms with Crippen LogP contribution in [0.4, 0.5) is 23.8 Å². The molecule has 10 nitrogen and oxygen atoms in total. The Bertz CT molecular complexity index is 1650. The minimum Gasteiger partial charge on any atom is -0.396 e. The summed E-state index contributed by atoms with van der Waals surface area (Å²) in [7, 11) is 0. The number of rotatable bonds is 9. The van der Waals surface area contributed by atoms with Crippen molar-refractivity contribution in [1.29, 1.82) is 0 Å². The number of urea groups is 1. The van der Waals surface area contributed by atoms with Crippen LogP contribution < -0.4 is 21.4 Å². The van der Waals surface area contributed by atoms with Gasteiger partial charge in [-0.3, -0.25) is 14.9 Å². The number of amides is 3. The fraction of sp³-hybridized carbons (Fsp3) is 0.296. The Kier molecular flexibility index (Phi) is 9.03. The first-order chi connectivity index (χ1) is 19.6. The number of benzene rings is 1. The highest BCUT2D eigenvalue weighted by Gasteiger charge is 2.34. The zero-order chi connectivity index (χ0) is 29.7. The fourth-order valence-electron chi connectivity index (χ4n) is 4.14. The lowest BCUT2D eigenvalue weighted by Gasteiger charge is -2.15. The van der Waals surface area contributed by atoms with Gasteiger partial charge in [-0.25, -0.2) is 14.8 Å². The molecule has 0 aliphatic carbocycles. The largest absolute Gasteiger partial charge is 0.434 e. The number of thiazole rings is 1. The third-order valence-electron chi connectivity index (χ3n) is 6.11. The molecular formula is C27H27F3N6O4S. The van der Waals surface area contributed by atoms with Crippen molar-refractivity contribution in [3.63, 3.8) is 0 Å². The summed E-state index contributed by atoms with van der Waals surface area (Å²) < 4.78 is 41.8. The van der Waals surface area contributed by atoms with Crippen molar-refractivity contribution in [1.82, 2.24) is 25.2 Å². The SMILES string of the molecule is CCNC(=O)Nc1cc(-c2nc(C(F)(F)F)cs2)c(-c2ccc3c(=O)c(C(=O)NCCCO)cn(CC)c3c2)cn1. The molecule has 0 saturated heterocycles. The Morgan fingerprint density at radius 3 is 2.56 bits per heavy atom. The summed E-state index contributed by atoms with van der Waals surface area (Å²) in [5, 5.41) is 18.0. The number of fused-ring (bicyclic) bond motifs is 1. The average Bonchev–Trinajstić information content (AvgIpc) is 3.44. The molecule has 0 radical (unpaired) electrons. The molecule has 3 aromatic heterocycles. The highest BCUT2D eigenvalue weighted by Crippen LogP contribution is 2.39. The van der Waals surface area contributed by atoms with Gasteiger partial charge in [-0.1, -0.05) is 6.07 Å². The monoisotopic (exact) mass is 588 g/mol. The number of pyridine rings is 2. The Hall–Kier alpha value is -4.30. The lowest BCUT2D eigenvalue weighted by Crippen LogP contribution is -2.30. The number of aromatic nitrogens is 3. The number of aryl methyl sites for hydroxylation is 1. The van der Waals surface area contributed by atoms with Crippen LogP contribution in [0.25, 0.3) is 32.6 Å². The Balaban J connectivity index is 1.84. The summed E-state index contributed by atoms with van der Waals surface area (Å²) in [5.41, 5.74) is 0.210. The molecular weight excluding hydrogens is 561 g/mol. The molecule has 3 amide bonds. The molecule has 0 spiro atoms. The number of hydrogen-bond donors (Lipinski definition) is 4. The van der Waals surface area contributed by atoms with Crippen LogP contribution in [0.3, 0.4) is 0 Å². The van der Waals surface area contributed by atoms with Crippen LogP contribution in [0, 0.1) is 0 Å². The number of carbonyl (C=O) groups is 2. The van der Waals surface area contributed by atoms with Crippen LogP contribution in [-0.4, -0.2) is 51.3 Å². The second-order valence-electron chi connectivity index (χ2n) is 8.86. The highest BCUT2D eigenvalue weighted by atomic mass is 32.1. The van der Waals surface area contributed by atoms with Gasteiger partial charge in [0.05, 0.1) is 5.52 Å². The predicted octanol–water partition coefficient (Wildman–Crippen LogP) is 4.48. The molecule has 0 saturated carbocycles. The third-order valence-corrected chi connectivity index (χ3v) is 6.98. The topological polar surface area (TPSA) is 138 Å². The lowest BCUT2D eigenvalue weighted by molar-refractivity contribution is -0.140. The van der Waals surface area contributed by atoms with E-state index in [1.807, 2.05) is 6.92 Å². The summed E-state index contributed by atoms with van der Waals surface area (Å²) in [4.78, 5) is 46.0. The highest BCUT2D eigenvalue weighted by molar-refractivity contribution is 7.13. The maximum atomic E-state index is 13.3. The first-order valence-corrected chi connectivity index (χ1v) is 13.6. The zero-order valence-corrected chi connectivity index (χ0v) is 22.9. The van der Waals surface area contributed by atoms with Crippen molar-refractivity contribution in [3.8, 4) is 21.7 Å². The van der Waals surface area contributed by atoms with Crippen molar-refractivity contribution >= 4 is 40.0 Å². The number of aliphatic hydroxyl groups excluding tert-OH is 1. The lowest BCUT2D eigenvalue weighted by atomic mass is 9.99. The van der Waals surface area contributed by atoms with Crippen molar-refractivity contribution in [2.75, 3.05) is 25.0 Å². The van der Waals surface area contributed by atoms with Crippen molar-refractivity contribution in [2.24, 2.45) is 0 Å². The minimum atomic E-state index is -4.63. The number of nitrogens with zero attached hydrogens (tertiary/aromatic N) is 3. The van der Waals surface area contributed by atoms with E-state index >= 15 is 0 Å². The van der Waals surface area contributed by atoms with Crippen LogP contribution in [0.15, 0.2) is 46.8 Å². The van der Waals surface area contributed by atoms with Crippen molar-refractivity contribution in [2.45, 2.75) is 33.0 Å². The second-order valence-corrected chi connectivity index (χ2v) is 9.72. The van der Waals surface area contributed by atoms with Gasteiger partial charge in [0.15, 0.2) is 5.69 Å². The molecule has 4 rings (SSSR count). The van der Waals surface area contributed by atoms with Gasteiger partial charge in [-0.2, -0.15) is 13.2 Å². The molecule has 216 valence electrons. The fourth-order valence-corrected chi connectivity index (χ4v) is 4.99. The molecule has 0 atom stereocenters. The van der Waals surface area contributed by atoms with E-state index in [0.717, 1.165) is 16.7 Å². The molecule has 0 aliphatic heterocycles. The average molecular weight is 589 g/mol. The molecule has 0 bridgehead atoms. The van der Waals surface area contributed by atoms with Crippen LogP contribution in [0.1, 0.15) is 36.3 Å². The second kappa shape index (κ2) is 12.5. The molecule has 0 fully saturated rings. The van der Waals surface area contributed by atoms with E-state index in [1.54, 1.807) is 29.7 Å². The van der Waals surface area contributed by atoms with Gasteiger partial charge in [0.25, 0.3) is 5.91 Å². The van der Waals surface area contributed by atoms with Crippen LogP contribution in [-0.2, 0) is 12.7 Å². The van der Waals surface area contributed by atoms with Crippen LogP contribution in [0.2, 0.25) is 0 Å². The molecule has 41 heavy (non-hydrogen) atoms. The van der Waals surface area contributed by atoms with Gasteiger partial charge >= 0.3 is 12.2 Å². The van der Waals surface area contributed by atoms with E-state index < -0.39 is 29.2 Å². The molecule has 3 heterocycles. The minimum absolute atomic E-state index is 0.0457. The maximum Gasteiger partial charge on any atom is 0.434 e. The van der Waals surface area contributed by atoms with E-state index in [0.29, 0.717) is 41.7 Å². The van der Waals surface area contributed by atoms with E-state index in [9.17, 15) is 27.6 Å². The standard InChI is InChI=1S/C27H27F3N6O4S/c1-3-31-26(40)35-22-11-17(25-34-21(14-41-25)27(28,29)30)18(12-33-22)15-6-7-16-20(10-15)36(4-2)13-19(23(16)38)24(39)32-8-5-9-37/h6-7,10-14,37H,3-5,8-9H2,1-2H3,(H,32,39)(H2,31,33,35,40). The molecule has 4 N–H and O–H groups in total.